The van der Waals surface area contributed by atoms with Gasteiger partial charge in [0.2, 0.25) is 16.0 Å². The molecule has 7 rings (SSSR count). The number of hydrogen-bond donors (Lipinski definition) is 8. The number of urea groups is 1. The summed E-state index contributed by atoms with van der Waals surface area (Å²) in [6.45, 7) is 0.202. The summed E-state index contributed by atoms with van der Waals surface area (Å²) in [5.74, 6) is 0.752. The summed E-state index contributed by atoms with van der Waals surface area (Å²) < 4.78 is 24.8. The van der Waals surface area contributed by atoms with Gasteiger partial charge in [-0.3, -0.25) is 0 Å². The van der Waals surface area contributed by atoms with E-state index in [1.165, 1.54) is 35.4 Å². The first-order valence-electron chi connectivity index (χ1n) is 16.9. The molecule has 1 aliphatic carbocycles. The number of rotatable bonds is 12. The summed E-state index contributed by atoms with van der Waals surface area (Å²) in [6.07, 6.45) is 0.248. The van der Waals surface area contributed by atoms with Crippen molar-refractivity contribution in [3.63, 3.8) is 0 Å². The molecule has 9 N–H and O–H groups in total. The highest BCUT2D eigenvalue weighted by Gasteiger charge is 2.45. The number of aliphatic hydroxyl groups excluding tert-OH is 4. The lowest BCUT2D eigenvalue weighted by molar-refractivity contribution is 0.00469. The van der Waals surface area contributed by atoms with Gasteiger partial charge in [-0.2, -0.15) is 14.8 Å². The van der Waals surface area contributed by atoms with Crippen LogP contribution in [0.5, 0.6) is 0 Å². The molecule has 2 amide bonds. The summed E-state index contributed by atoms with van der Waals surface area (Å²) in [5, 5.41) is 68.0. The zero-order valence-corrected chi connectivity index (χ0v) is 29.0. The molecule has 2 fully saturated rings. The smallest absolute Gasteiger partial charge is 0.319 e. The van der Waals surface area contributed by atoms with Crippen LogP contribution in [0.25, 0.3) is 11.2 Å². The molecule has 1 saturated carbocycles. The van der Waals surface area contributed by atoms with E-state index in [0.717, 1.165) is 5.56 Å². The number of primary sulfonamides is 1. The molecule has 53 heavy (non-hydrogen) atoms. The predicted octanol–water partition coefficient (Wildman–Crippen LogP) is -0.724. The highest BCUT2D eigenvalue weighted by molar-refractivity contribution is 7.89. The van der Waals surface area contributed by atoms with Gasteiger partial charge in [-0.05, 0) is 54.3 Å². The van der Waals surface area contributed by atoms with Crippen molar-refractivity contribution in [2.45, 2.75) is 67.1 Å². The quantitative estimate of drug-likeness (QED) is 0.0781. The molecule has 0 radical (unpaired) electrons. The molecule has 5 aromatic rings. The van der Waals surface area contributed by atoms with Crippen LogP contribution in [-0.4, -0.2) is 119 Å². The van der Waals surface area contributed by atoms with Crippen LogP contribution < -0.4 is 26.0 Å². The van der Waals surface area contributed by atoms with Gasteiger partial charge in [0.1, 0.15) is 24.9 Å². The summed E-state index contributed by atoms with van der Waals surface area (Å²) >= 11 is 0. The molecule has 1 saturated heterocycles. The van der Waals surface area contributed by atoms with Gasteiger partial charge in [-0.25, -0.2) is 23.3 Å². The zero-order valence-electron chi connectivity index (χ0n) is 28.2. The summed E-state index contributed by atoms with van der Waals surface area (Å²) in [7, 11) is -3.87. The summed E-state index contributed by atoms with van der Waals surface area (Å²) in [5.41, 5.74) is 2.13. The summed E-state index contributed by atoms with van der Waals surface area (Å²) in [6, 6.07) is 12.5. The van der Waals surface area contributed by atoms with E-state index in [2.05, 4.69) is 36.3 Å². The third-order valence-corrected chi connectivity index (χ3v) is 10.4. The molecule has 21 heteroatoms. The second kappa shape index (κ2) is 15.0. The number of anilines is 3. The van der Waals surface area contributed by atoms with Crippen molar-refractivity contribution >= 4 is 44.7 Å². The fourth-order valence-electron chi connectivity index (χ4n) is 6.73. The van der Waals surface area contributed by atoms with E-state index in [-0.39, 0.29) is 29.8 Å². The number of benzene rings is 2. The van der Waals surface area contributed by atoms with Crippen molar-refractivity contribution in [3.8, 4) is 0 Å². The maximum absolute atomic E-state index is 12.9. The number of aromatic nitrogens is 8. The zero-order chi connectivity index (χ0) is 37.3. The predicted molar refractivity (Wildman–Crippen MR) is 189 cm³/mol. The third-order valence-electron chi connectivity index (χ3n) is 9.43. The van der Waals surface area contributed by atoms with Crippen molar-refractivity contribution in [2.24, 2.45) is 5.14 Å². The summed E-state index contributed by atoms with van der Waals surface area (Å²) in [4.78, 5) is 30.2. The SMILES string of the molecule is NS(=O)(=O)c1ccc(NC(=O)N[C@@H]2CCN(c3nc(N[C@H](CO)Cc4ccccc4)c4ncn([C@@H]5C[C@H](n6nnc(CO)n6)[C@@H](O)[C@H]5O)c4n3)C2)cc1. The maximum Gasteiger partial charge on any atom is 0.319 e. The van der Waals surface area contributed by atoms with Crippen LogP contribution in [0.2, 0.25) is 0 Å². The maximum atomic E-state index is 12.9. The first-order valence-corrected chi connectivity index (χ1v) is 18.4. The second-order valence-corrected chi connectivity index (χ2v) is 14.6. The lowest BCUT2D eigenvalue weighted by Crippen LogP contribution is -2.40. The number of carbonyl (C=O) groups excluding carboxylic acids is 1. The number of imidazole rings is 1. The molecular weight excluding hydrogens is 711 g/mol. The molecule has 0 bridgehead atoms. The number of nitrogens with one attached hydrogen (secondary N) is 3. The van der Waals surface area contributed by atoms with E-state index in [0.29, 0.717) is 54.5 Å². The minimum absolute atomic E-state index is 0.0743. The number of nitrogens with zero attached hydrogens (tertiary/aromatic N) is 9. The first-order chi connectivity index (χ1) is 25.5. The first kappa shape index (κ1) is 36.1. The van der Waals surface area contributed by atoms with Gasteiger partial charge in [0.15, 0.2) is 22.8 Å². The van der Waals surface area contributed by atoms with Gasteiger partial charge in [0.25, 0.3) is 0 Å². The van der Waals surface area contributed by atoms with Crippen molar-refractivity contribution < 1.29 is 33.6 Å². The van der Waals surface area contributed by atoms with Crippen LogP contribution in [0.15, 0.2) is 65.8 Å². The number of amides is 2. The molecule has 2 aromatic carbocycles. The molecule has 4 heterocycles. The molecule has 20 nitrogen and oxygen atoms in total. The van der Waals surface area contributed by atoms with Crippen molar-refractivity contribution in [1.82, 2.24) is 45.0 Å². The normalized spacial score (nSPS) is 22.3. The second-order valence-electron chi connectivity index (χ2n) is 13.0. The van der Waals surface area contributed by atoms with E-state index < -0.39 is 53.0 Å². The Labute approximate surface area is 302 Å². The van der Waals surface area contributed by atoms with Gasteiger partial charge >= 0.3 is 6.03 Å². The van der Waals surface area contributed by atoms with E-state index in [9.17, 15) is 33.6 Å². The van der Waals surface area contributed by atoms with Crippen LogP contribution in [0.3, 0.4) is 0 Å². The van der Waals surface area contributed by atoms with Crippen LogP contribution >= 0.6 is 0 Å². The monoisotopic (exact) mass is 749 g/mol. The van der Waals surface area contributed by atoms with E-state index in [1.54, 1.807) is 4.57 Å². The number of nitrogens with two attached hydrogens (primary N) is 1. The molecule has 1 aliphatic heterocycles. The minimum atomic E-state index is -3.87. The molecule has 2 aliphatic rings. The topological polar surface area (TPSA) is 285 Å². The standard InChI is InChI=1S/C32H39N13O7S/c33-53(51,52)22-8-6-19(7-9-22)36-32(50)37-20-10-11-43(14-20)31-38-29(35-21(15-46)12-18-4-2-1-3-5-18)26-30(39-31)44(17-34-26)23-13-24(28(49)27(23)48)45-41-25(16-47)40-42-45/h1-9,17,20-21,23-24,27-28,46-49H,10-16H2,(H2,33,51,52)(H,35,38,39)(H2,36,37,50)/t20-,21+,23-,24+,27+,28-/m1/s1. The van der Waals surface area contributed by atoms with Gasteiger partial charge in [0.05, 0.1) is 29.9 Å². The number of carbonyl (C=O) groups is 1. The number of fused-ring (bicyclic) bond motifs is 1. The van der Waals surface area contributed by atoms with E-state index >= 15 is 0 Å². The van der Waals surface area contributed by atoms with Crippen LogP contribution in [-0.2, 0) is 23.1 Å². The van der Waals surface area contributed by atoms with Crippen molar-refractivity contribution in [1.29, 1.82) is 0 Å². The fourth-order valence-corrected chi connectivity index (χ4v) is 7.25. The van der Waals surface area contributed by atoms with Crippen molar-refractivity contribution in [3.05, 3.63) is 72.3 Å². The molecule has 3 aromatic heterocycles. The average molecular weight is 750 g/mol. The number of tetrazole rings is 1. The molecular formula is C32H39N13O7S. The number of aliphatic hydroxyl groups is 4. The molecule has 0 spiro atoms. The Morgan fingerprint density at radius 1 is 1.02 bits per heavy atom. The highest BCUT2D eigenvalue weighted by Crippen LogP contribution is 2.40. The molecule has 0 unspecified atom stereocenters. The average Bonchev–Trinajstić information content (AvgIpc) is 3.96. The van der Waals surface area contributed by atoms with Gasteiger partial charge in [0, 0.05) is 24.8 Å². The van der Waals surface area contributed by atoms with Crippen LogP contribution in [0.4, 0.5) is 22.2 Å². The Hall–Kier alpha value is -5.32. The Kier molecular flexibility index (Phi) is 10.2. The lowest BCUT2D eigenvalue weighted by Gasteiger charge is -2.22. The Morgan fingerprint density at radius 2 is 1.77 bits per heavy atom. The van der Waals surface area contributed by atoms with Gasteiger partial charge in [-0.1, -0.05) is 30.3 Å². The third kappa shape index (κ3) is 7.75. The van der Waals surface area contributed by atoms with Crippen molar-refractivity contribution in [2.75, 3.05) is 35.2 Å². The fraction of sp³-hybridized carbons (Fsp3) is 0.406. The van der Waals surface area contributed by atoms with E-state index in [4.69, 9.17) is 15.1 Å². The molecule has 280 valence electrons. The number of sulfonamides is 1. The van der Waals surface area contributed by atoms with Gasteiger partial charge < -0.3 is 45.8 Å². The Bertz CT molecular complexity index is 2170. The van der Waals surface area contributed by atoms with E-state index in [1.807, 2.05) is 35.2 Å². The highest BCUT2D eigenvalue weighted by atomic mass is 32.2. The Balaban J connectivity index is 1.14. The Morgan fingerprint density at radius 3 is 2.47 bits per heavy atom. The number of hydrogen-bond acceptors (Lipinski definition) is 15. The lowest BCUT2D eigenvalue weighted by atomic mass is 10.1. The molecule has 6 atom stereocenters. The van der Waals surface area contributed by atoms with Gasteiger partial charge in [-0.15, -0.1) is 10.2 Å². The largest absolute Gasteiger partial charge is 0.394 e. The van der Waals surface area contributed by atoms with Crippen LogP contribution in [0, 0.1) is 0 Å². The minimum Gasteiger partial charge on any atom is -0.394 e. The van der Waals surface area contributed by atoms with Crippen LogP contribution in [0.1, 0.15) is 36.3 Å².